The second-order valence-electron chi connectivity index (χ2n) is 19.5. The van der Waals surface area contributed by atoms with Crippen molar-refractivity contribution in [3.63, 3.8) is 0 Å². The summed E-state index contributed by atoms with van der Waals surface area (Å²) in [5.74, 6) is 1.86. The van der Waals surface area contributed by atoms with Gasteiger partial charge < -0.3 is 14.4 Å². The van der Waals surface area contributed by atoms with Crippen molar-refractivity contribution in [2.24, 2.45) is 0 Å². The summed E-state index contributed by atoms with van der Waals surface area (Å²) in [6.45, 7) is 0.0947. The number of anilines is 6. The summed E-state index contributed by atoms with van der Waals surface area (Å²) in [7, 11) is 0. The van der Waals surface area contributed by atoms with Crippen LogP contribution < -0.4 is 26.2 Å². The van der Waals surface area contributed by atoms with Gasteiger partial charge in [0.1, 0.15) is 0 Å². The van der Waals surface area contributed by atoms with Crippen molar-refractivity contribution in [2.75, 3.05) is 9.80 Å². The fourth-order valence-electron chi connectivity index (χ4n) is 11.8. The minimum Gasteiger partial charge on any atom is -0.309 e. The van der Waals surface area contributed by atoms with Gasteiger partial charge in [-0.15, -0.1) is 0 Å². The summed E-state index contributed by atoms with van der Waals surface area (Å²) in [5, 5.41) is 2.42. The van der Waals surface area contributed by atoms with Crippen LogP contribution in [0.3, 0.4) is 0 Å². The Morgan fingerprint density at radius 2 is 0.776 bits per heavy atom. The molecule has 0 saturated heterocycles. The Kier molecular flexibility index (Phi) is 10.2. The summed E-state index contributed by atoms with van der Waals surface area (Å²) in [6, 6.07) is 97.9. The van der Waals surface area contributed by atoms with Crippen molar-refractivity contribution in [3.8, 4) is 62.1 Å². The molecule has 11 aromatic carbocycles. The van der Waals surface area contributed by atoms with Gasteiger partial charge in [0.05, 0.1) is 39.5 Å². The summed E-state index contributed by atoms with van der Waals surface area (Å²) in [6.07, 6.45) is 0. The molecular weight excluding hydrogens is 924 g/mol. The maximum Gasteiger partial charge on any atom is 0.246 e. The molecule has 0 fully saturated rings. The molecule has 0 unspecified atom stereocenters. The number of para-hydroxylation sites is 6. The molecule has 0 aliphatic carbocycles. The molecule has 0 bridgehead atoms. The van der Waals surface area contributed by atoms with Gasteiger partial charge in [-0.2, -0.15) is 0 Å². The lowest BCUT2D eigenvalue weighted by Crippen LogP contribution is -2.57. The average Bonchev–Trinajstić information content (AvgIpc) is 3.88. The molecular formula is C69H45BN6. The van der Waals surface area contributed by atoms with E-state index in [1.54, 1.807) is 0 Å². The predicted octanol–water partition coefficient (Wildman–Crippen LogP) is 15.4. The molecule has 6 nitrogen and oxygen atoms in total. The van der Waals surface area contributed by atoms with Crippen molar-refractivity contribution in [1.29, 1.82) is 0 Å². The van der Waals surface area contributed by atoms with Crippen LogP contribution in [0.2, 0.25) is 0 Å². The third-order valence-corrected chi connectivity index (χ3v) is 15.2. The van der Waals surface area contributed by atoms with E-state index in [0.29, 0.717) is 17.5 Å². The summed E-state index contributed by atoms with van der Waals surface area (Å²) in [5.41, 5.74) is 21.4. The van der Waals surface area contributed by atoms with E-state index in [0.717, 1.165) is 78.4 Å². The first-order valence-electron chi connectivity index (χ1n) is 25.9. The summed E-state index contributed by atoms with van der Waals surface area (Å²) in [4.78, 5) is 20.3. The molecule has 0 atom stereocenters. The van der Waals surface area contributed by atoms with Crippen molar-refractivity contribution in [1.82, 2.24) is 19.5 Å². The molecule has 0 saturated carbocycles. The van der Waals surface area contributed by atoms with Crippen LogP contribution in [0.25, 0.3) is 83.9 Å². The van der Waals surface area contributed by atoms with Crippen LogP contribution >= 0.6 is 0 Å². The first kappa shape index (κ1) is 43.5. The fraction of sp³-hybridized carbons (Fsp3) is 0. The van der Waals surface area contributed by atoms with Crippen molar-refractivity contribution < 1.29 is 0 Å². The lowest BCUT2D eigenvalue weighted by molar-refractivity contribution is 1.07. The number of benzene rings is 11. The molecule has 0 radical (unpaired) electrons. The Morgan fingerprint density at radius 3 is 1.45 bits per heavy atom. The molecule has 13 aromatic rings. The van der Waals surface area contributed by atoms with Crippen LogP contribution in [0.4, 0.5) is 34.1 Å². The van der Waals surface area contributed by atoms with Crippen LogP contribution in [0, 0.1) is 0 Å². The van der Waals surface area contributed by atoms with Crippen LogP contribution in [-0.4, -0.2) is 26.2 Å². The molecule has 15 rings (SSSR count). The van der Waals surface area contributed by atoms with Gasteiger partial charge in [-0.3, -0.25) is 0 Å². The molecule has 2 aromatic heterocycles. The standard InChI is InChI=1S/C69H45BN6/c1-4-20-47(21-5-1)67-71-68(48-22-6-2-7-23-48)73-69(72-67)51-40-43-61(75-59-32-13-10-28-54(59)55-29-11-14-33-60(55)75)56(45-51)50-25-18-24-49(44-50)46-38-41-53(42-39-46)74-63-35-16-17-36-64(63)76-62-34-15-12-30-57(62)70(52-26-8-3-9-27-52)58-31-19-37-65(74)66(58)76/h1-45H. The van der Waals surface area contributed by atoms with Gasteiger partial charge in [-0.1, -0.05) is 206 Å². The largest absolute Gasteiger partial charge is 0.309 e. The predicted molar refractivity (Wildman–Crippen MR) is 315 cm³/mol. The second-order valence-corrected chi connectivity index (χ2v) is 19.5. The zero-order valence-electron chi connectivity index (χ0n) is 41.2. The molecule has 2 aliphatic rings. The zero-order chi connectivity index (χ0) is 50.1. The molecule has 0 N–H and O–H groups in total. The minimum absolute atomic E-state index is 0.0947. The number of nitrogens with zero attached hydrogens (tertiary/aromatic N) is 6. The molecule has 7 heteroatoms. The Balaban J connectivity index is 0.866. The van der Waals surface area contributed by atoms with Gasteiger partial charge in [0.15, 0.2) is 17.5 Å². The van der Waals surface area contributed by atoms with E-state index in [1.165, 1.54) is 38.5 Å². The molecule has 0 amide bonds. The number of hydrogen-bond acceptors (Lipinski definition) is 5. The summed E-state index contributed by atoms with van der Waals surface area (Å²) >= 11 is 0. The molecule has 2 aliphatic heterocycles. The smallest absolute Gasteiger partial charge is 0.246 e. The van der Waals surface area contributed by atoms with Crippen LogP contribution in [0.1, 0.15) is 0 Å². The molecule has 0 spiro atoms. The fourth-order valence-corrected chi connectivity index (χ4v) is 11.8. The van der Waals surface area contributed by atoms with Crippen molar-refractivity contribution in [3.05, 3.63) is 273 Å². The number of fused-ring (bicyclic) bond motifs is 7. The highest BCUT2D eigenvalue weighted by molar-refractivity contribution is 6.98. The molecule has 4 heterocycles. The minimum atomic E-state index is 0.0947. The topological polar surface area (TPSA) is 50.1 Å². The van der Waals surface area contributed by atoms with E-state index in [9.17, 15) is 0 Å². The van der Waals surface area contributed by atoms with Crippen LogP contribution in [0.5, 0.6) is 0 Å². The summed E-state index contributed by atoms with van der Waals surface area (Å²) < 4.78 is 2.41. The number of aromatic nitrogens is 4. The third kappa shape index (κ3) is 7.08. The SMILES string of the molecule is c1ccc(B2c3ccccc3N3c4ccccc4N(c4ccc(-c5cccc(-c6cc(-c7nc(-c8ccccc8)nc(-c8ccccc8)n7)ccc6-n6c7ccccc7c7ccccc76)c5)cc4)c4cccc2c43)cc1. The highest BCUT2D eigenvalue weighted by atomic mass is 15.3. The normalized spacial score (nSPS) is 12.4. The maximum absolute atomic E-state index is 5.18. The van der Waals surface area contributed by atoms with E-state index in [-0.39, 0.29) is 6.71 Å². The first-order chi connectivity index (χ1) is 37.7. The van der Waals surface area contributed by atoms with E-state index >= 15 is 0 Å². The van der Waals surface area contributed by atoms with Gasteiger partial charge in [0.25, 0.3) is 0 Å². The maximum atomic E-state index is 5.18. The third-order valence-electron chi connectivity index (χ3n) is 15.2. The van der Waals surface area contributed by atoms with Gasteiger partial charge in [-0.05, 0) is 100 Å². The van der Waals surface area contributed by atoms with Crippen LogP contribution in [0.15, 0.2) is 273 Å². The molecule has 354 valence electrons. The quantitative estimate of drug-likeness (QED) is 0.142. The number of rotatable bonds is 8. The van der Waals surface area contributed by atoms with Gasteiger partial charge in [-0.25, -0.2) is 15.0 Å². The van der Waals surface area contributed by atoms with Gasteiger partial charge >= 0.3 is 0 Å². The van der Waals surface area contributed by atoms with E-state index in [1.807, 2.05) is 36.4 Å². The van der Waals surface area contributed by atoms with Crippen molar-refractivity contribution in [2.45, 2.75) is 0 Å². The Hall–Kier alpha value is -10.1. The Bertz CT molecular complexity index is 4250. The molecule has 76 heavy (non-hydrogen) atoms. The first-order valence-corrected chi connectivity index (χ1v) is 25.9. The van der Waals surface area contributed by atoms with E-state index in [4.69, 9.17) is 15.0 Å². The van der Waals surface area contributed by atoms with Crippen molar-refractivity contribution >= 4 is 79.0 Å². The van der Waals surface area contributed by atoms with E-state index in [2.05, 4.69) is 251 Å². The van der Waals surface area contributed by atoms with Gasteiger partial charge in [0, 0.05) is 44.4 Å². The average molecular weight is 969 g/mol. The second kappa shape index (κ2) is 17.8. The lowest BCUT2D eigenvalue weighted by atomic mass is 9.35. The van der Waals surface area contributed by atoms with E-state index < -0.39 is 0 Å². The Morgan fingerprint density at radius 1 is 0.289 bits per heavy atom. The number of hydrogen-bond donors (Lipinski definition) is 0. The lowest BCUT2D eigenvalue weighted by Gasteiger charge is -2.45. The Labute approximate surface area is 441 Å². The van der Waals surface area contributed by atoms with Crippen LogP contribution in [-0.2, 0) is 0 Å². The zero-order valence-corrected chi connectivity index (χ0v) is 41.2. The highest BCUT2D eigenvalue weighted by Gasteiger charge is 2.41. The van der Waals surface area contributed by atoms with Gasteiger partial charge in [0.2, 0.25) is 6.71 Å². The monoisotopic (exact) mass is 968 g/mol. The highest BCUT2D eigenvalue weighted by Crippen LogP contribution is 2.54.